The molecule has 5 N–H and O–H groups in total. The van der Waals surface area contributed by atoms with Crippen molar-refractivity contribution in [3.8, 4) is 11.5 Å². The van der Waals surface area contributed by atoms with Gasteiger partial charge in [0.25, 0.3) is 0 Å². The molecule has 52 heavy (non-hydrogen) atoms. The minimum atomic E-state index is -0.745. The van der Waals surface area contributed by atoms with Crippen molar-refractivity contribution in [2.24, 2.45) is 5.92 Å². The van der Waals surface area contributed by atoms with E-state index >= 15 is 0 Å². The van der Waals surface area contributed by atoms with Crippen LogP contribution in [0.1, 0.15) is 86.6 Å². The lowest BCUT2D eigenvalue weighted by Gasteiger charge is -2.43. The fourth-order valence-electron chi connectivity index (χ4n) is 7.50. The molecular weight excluding hydrogens is 724 g/mol. The molecule has 3 aliphatic heterocycles. The van der Waals surface area contributed by atoms with Crippen molar-refractivity contribution >= 4 is 32.9 Å². The molecule has 3 atom stereocenters. The molecule has 1 aromatic heterocycles. The molecule has 11 heteroatoms. The van der Waals surface area contributed by atoms with Gasteiger partial charge in [0.05, 0.1) is 24.3 Å². The van der Waals surface area contributed by atoms with Crippen LogP contribution in [0.25, 0.3) is 10.9 Å². The second kappa shape index (κ2) is 18.7. The fraction of sp³-hybridized carbons (Fsp3) is 0.463. The molecule has 3 aromatic carbocycles. The minimum absolute atomic E-state index is 0.0105. The number of aliphatic hydroxyl groups is 1. The Morgan fingerprint density at radius 3 is 2.42 bits per heavy atom. The maximum absolute atomic E-state index is 13.2. The number of unbranched alkanes of at least 4 members (excludes halogenated alkanes) is 6. The number of aromatic amines is 1. The highest BCUT2D eigenvalue weighted by Crippen LogP contribution is 2.32. The monoisotopic (exact) mass is 774 g/mol. The Hall–Kier alpha value is -3.90. The average Bonchev–Trinajstić information content (AvgIpc) is 3.15. The summed E-state index contributed by atoms with van der Waals surface area (Å²) in [5, 5.41) is 27.9. The Balaban J connectivity index is 0.879. The third-order valence-electron chi connectivity index (χ3n) is 10.3. The number of halogens is 1. The smallest absolute Gasteiger partial charge is 0.408 e. The highest BCUT2D eigenvalue weighted by atomic mass is 79.9. The third-order valence-corrected chi connectivity index (χ3v) is 10.8. The number of carbonyl (C=O) groups is 1. The Kier molecular flexibility index (Phi) is 13.6. The van der Waals surface area contributed by atoms with Gasteiger partial charge in [-0.3, -0.25) is 9.69 Å². The molecule has 4 aromatic rings. The topological polar surface area (TPSA) is 136 Å². The summed E-state index contributed by atoms with van der Waals surface area (Å²) in [4.78, 5) is 29.9. The maximum atomic E-state index is 13.2. The Labute approximate surface area is 314 Å². The number of rotatable bonds is 18. The first-order valence-electron chi connectivity index (χ1n) is 18.8. The van der Waals surface area contributed by atoms with Crippen molar-refractivity contribution in [3.05, 3.63) is 104 Å². The van der Waals surface area contributed by atoms with Gasteiger partial charge in [0.1, 0.15) is 17.6 Å². The summed E-state index contributed by atoms with van der Waals surface area (Å²) in [6, 6.07) is 21.9. The Morgan fingerprint density at radius 1 is 0.923 bits per heavy atom. The van der Waals surface area contributed by atoms with Crippen molar-refractivity contribution in [2.75, 3.05) is 39.3 Å². The van der Waals surface area contributed by atoms with Crippen LogP contribution in [-0.4, -0.2) is 71.6 Å². The zero-order chi connectivity index (χ0) is 36.3. The van der Waals surface area contributed by atoms with Crippen molar-refractivity contribution in [3.63, 3.8) is 0 Å². The second-order valence-electron chi connectivity index (χ2n) is 14.1. The summed E-state index contributed by atoms with van der Waals surface area (Å²) in [6.07, 6.45) is 8.68. The van der Waals surface area contributed by atoms with E-state index in [1.165, 1.54) is 18.6 Å². The number of nitrogens with one attached hydrogen (secondary N) is 3. The van der Waals surface area contributed by atoms with Crippen LogP contribution in [0, 0.1) is 5.92 Å². The molecule has 1 amide bonds. The first-order chi connectivity index (χ1) is 25.3. The van der Waals surface area contributed by atoms with Gasteiger partial charge in [0.2, 0.25) is 5.56 Å². The summed E-state index contributed by atoms with van der Waals surface area (Å²) >= 11 is 3.66. The number of ether oxygens (including phenoxy) is 2. The van der Waals surface area contributed by atoms with Crippen LogP contribution in [-0.2, 0) is 4.74 Å². The van der Waals surface area contributed by atoms with E-state index in [1.54, 1.807) is 12.1 Å². The van der Waals surface area contributed by atoms with E-state index in [1.807, 2.05) is 48.5 Å². The minimum Gasteiger partial charge on any atom is -0.506 e. The summed E-state index contributed by atoms with van der Waals surface area (Å²) in [5.74, 6) is 1.20. The molecule has 3 fully saturated rings. The third kappa shape index (κ3) is 10.4. The van der Waals surface area contributed by atoms with Gasteiger partial charge in [0.15, 0.2) is 0 Å². The van der Waals surface area contributed by atoms with Crippen molar-refractivity contribution < 1.29 is 24.5 Å². The first kappa shape index (κ1) is 37.8. The quantitative estimate of drug-likeness (QED) is 0.0663. The molecule has 1 unspecified atom stereocenters. The molecule has 2 bridgehead atoms. The molecular formula is C41H51BrN4O6. The zero-order valence-electron chi connectivity index (χ0n) is 29.7. The standard InChI is InChI=1S/C41H51BrN4O6/c42-31-23-30(39(29-11-7-6-8-12-29)45-41(50)52-37-27-46-20-17-28(37)18-21-46)24-32(25-31)51-22-10-5-3-1-2-4-9-19-43-26-36(48)33-13-15-35(47)40-34(33)14-16-38(49)44-40/h6-8,11-16,23-25,28,36-37,39,43,47-48H,1-5,9-10,17-22,26-27H2,(H,44,49)(H,45,50)/t36-,37-,39?/m0/s1. The number of alkyl carbamates (subject to hydrolysis) is 1. The summed E-state index contributed by atoms with van der Waals surface area (Å²) in [7, 11) is 0. The van der Waals surface area contributed by atoms with E-state index in [0.717, 1.165) is 98.9 Å². The normalized spacial score (nSPS) is 19.3. The largest absolute Gasteiger partial charge is 0.506 e. The number of pyridine rings is 1. The van der Waals surface area contributed by atoms with Crippen LogP contribution >= 0.6 is 15.9 Å². The molecule has 0 radical (unpaired) electrons. The predicted octanol–water partition coefficient (Wildman–Crippen LogP) is 7.34. The van der Waals surface area contributed by atoms with Crippen molar-refractivity contribution in [2.45, 2.75) is 76.0 Å². The molecule has 3 aliphatic rings. The van der Waals surface area contributed by atoms with Gasteiger partial charge < -0.3 is 35.3 Å². The number of H-pyrrole nitrogens is 1. The van der Waals surface area contributed by atoms with E-state index in [2.05, 4.69) is 36.4 Å². The number of aliphatic hydroxyl groups excluding tert-OH is 1. The predicted molar refractivity (Wildman–Crippen MR) is 207 cm³/mol. The van der Waals surface area contributed by atoms with Crippen LogP contribution < -0.4 is 20.9 Å². The number of phenolic OH excluding ortho intramolecular Hbond substituents is 1. The SMILES string of the molecule is O=C(NC(c1ccccc1)c1cc(Br)cc(OCCCCCCCCCNC[C@H](O)c2ccc(O)c3[nH]c(=O)ccc23)c1)O[C@H]1CN2CCC1CC2. The highest BCUT2D eigenvalue weighted by molar-refractivity contribution is 9.10. The van der Waals surface area contributed by atoms with Crippen LogP contribution in [0.15, 0.2) is 82.1 Å². The van der Waals surface area contributed by atoms with Gasteiger partial charge in [0, 0.05) is 29.0 Å². The fourth-order valence-corrected chi connectivity index (χ4v) is 7.99. The summed E-state index contributed by atoms with van der Waals surface area (Å²) in [6.45, 7) is 4.85. The average molecular weight is 776 g/mol. The van der Waals surface area contributed by atoms with E-state index in [0.29, 0.717) is 35.5 Å². The van der Waals surface area contributed by atoms with Crippen molar-refractivity contribution in [1.82, 2.24) is 20.5 Å². The molecule has 4 heterocycles. The van der Waals surface area contributed by atoms with Gasteiger partial charge in [-0.2, -0.15) is 0 Å². The lowest BCUT2D eigenvalue weighted by atomic mass is 9.86. The molecule has 0 aliphatic carbocycles. The van der Waals surface area contributed by atoms with E-state index < -0.39 is 6.10 Å². The number of benzene rings is 3. The number of amides is 1. The number of fused-ring (bicyclic) bond motifs is 4. The molecule has 278 valence electrons. The van der Waals surface area contributed by atoms with E-state index in [-0.39, 0.29) is 29.5 Å². The summed E-state index contributed by atoms with van der Waals surface area (Å²) < 4.78 is 13.1. The molecule has 10 nitrogen and oxygen atoms in total. The highest BCUT2D eigenvalue weighted by Gasteiger charge is 2.37. The van der Waals surface area contributed by atoms with Gasteiger partial charge in [-0.1, -0.05) is 84.4 Å². The molecule has 3 saturated heterocycles. The Bertz CT molecular complexity index is 1810. The van der Waals surface area contributed by atoms with Gasteiger partial charge in [-0.05, 0) is 98.3 Å². The molecule has 7 rings (SSSR count). The van der Waals surface area contributed by atoms with Crippen LogP contribution in [0.5, 0.6) is 11.5 Å². The van der Waals surface area contributed by atoms with Crippen LogP contribution in [0.3, 0.4) is 0 Å². The number of hydrogen-bond acceptors (Lipinski definition) is 8. The van der Waals surface area contributed by atoms with E-state index in [9.17, 15) is 19.8 Å². The number of aromatic nitrogens is 1. The van der Waals surface area contributed by atoms with E-state index in [4.69, 9.17) is 9.47 Å². The Morgan fingerprint density at radius 2 is 1.67 bits per heavy atom. The van der Waals surface area contributed by atoms with Gasteiger partial charge in [-0.25, -0.2) is 4.79 Å². The lowest BCUT2D eigenvalue weighted by molar-refractivity contribution is -0.0336. The lowest BCUT2D eigenvalue weighted by Crippen LogP contribution is -2.52. The van der Waals surface area contributed by atoms with Crippen molar-refractivity contribution in [1.29, 1.82) is 0 Å². The first-order valence-corrected chi connectivity index (χ1v) is 19.5. The van der Waals surface area contributed by atoms with Gasteiger partial charge >= 0.3 is 6.09 Å². The second-order valence-corrected chi connectivity index (χ2v) is 15.0. The number of piperidine rings is 3. The molecule has 0 saturated carbocycles. The van der Waals surface area contributed by atoms with Crippen LogP contribution in [0.2, 0.25) is 0 Å². The number of nitrogens with zero attached hydrogens (tertiary/aromatic N) is 1. The number of carbonyl (C=O) groups excluding carboxylic acids is 1. The van der Waals surface area contributed by atoms with Crippen LogP contribution in [0.4, 0.5) is 4.79 Å². The summed E-state index contributed by atoms with van der Waals surface area (Å²) in [5.41, 5.74) is 2.63. The zero-order valence-corrected chi connectivity index (χ0v) is 31.3. The van der Waals surface area contributed by atoms with Gasteiger partial charge in [-0.15, -0.1) is 0 Å². The number of aromatic hydroxyl groups is 1. The number of hydrogen-bond donors (Lipinski definition) is 5. The maximum Gasteiger partial charge on any atom is 0.408 e. The molecule has 0 spiro atoms. The number of phenols is 1.